The fourth-order valence-corrected chi connectivity index (χ4v) is 6.59. The van der Waals surface area contributed by atoms with Gasteiger partial charge >= 0.3 is 17.9 Å². The molecule has 0 aromatic heterocycles. The number of esters is 3. The lowest BCUT2D eigenvalue weighted by Crippen LogP contribution is -2.30. The van der Waals surface area contributed by atoms with E-state index in [-0.39, 0.29) is 31.1 Å². The fourth-order valence-electron chi connectivity index (χ4n) is 6.59. The van der Waals surface area contributed by atoms with E-state index in [1.807, 2.05) is 0 Å². The zero-order chi connectivity index (χ0) is 40.1. The second-order valence-electron chi connectivity index (χ2n) is 15.6. The van der Waals surface area contributed by atoms with E-state index in [0.717, 1.165) is 89.9 Å². The molecule has 0 heterocycles. The van der Waals surface area contributed by atoms with E-state index in [2.05, 4.69) is 57.2 Å². The Hall–Kier alpha value is -2.37. The molecule has 320 valence electrons. The number of carbonyl (C=O) groups excluding carboxylic acids is 3. The molecular weight excluding hydrogens is 685 g/mol. The number of unbranched alkanes of at least 4 members (excludes halogenated alkanes) is 25. The van der Waals surface area contributed by atoms with E-state index >= 15 is 0 Å². The summed E-state index contributed by atoms with van der Waals surface area (Å²) in [6.07, 6.45) is 49.8. The highest BCUT2D eigenvalue weighted by molar-refractivity contribution is 5.71. The van der Waals surface area contributed by atoms with Crippen LogP contribution in [-0.4, -0.2) is 37.2 Å². The molecule has 6 heteroatoms. The van der Waals surface area contributed by atoms with Gasteiger partial charge in [0.05, 0.1) is 0 Å². The molecule has 1 atom stereocenters. The Morgan fingerprint density at radius 2 is 0.709 bits per heavy atom. The summed E-state index contributed by atoms with van der Waals surface area (Å²) in [5, 5.41) is 0. The monoisotopic (exact) mass is 773 g/mol. The SMILES string of the molecule is CC/C=C\CCCCCCCC(=O)OCC(COC(=O)CCCCCCC/C=C\C/C=C\CCCCC)OC(=O)CCCCCCCCCCCCCCC. The minimum atomic E-state index is -0.775. The Balaban J connectivity index is 4.35. The van der Waals surface area contributed by atoms with Gasteiger partial charge in [-0.05, 0) is 70.6 Å². The third-order valence-corrected chi connectivity index (χ3v) is 10.1. The number of allylic oxidation sites excluding steroid dienone is 6. The predicted molar refractivity (Wildman–Crippen MR) is 233 cm³/mol. The highest BCUT2D eigenvalue weighted by Crippen LogP contribution is 2.15. The molecule has 0 aromatic rings. The lowest BCUT2D eigenvalue weighted by atomic mass is 10.0. The summed E-state index contributed by atoms with van der Waals surface area (Å²) >= 11 is 0. The number of rotatable bonds is 42. The van der Waals surface area contributed by atoms with Crippen molar-refractivity contribution >= 4 is 17.9 Å². The summed E-state index contributed by atoms with van der Waals surface area (Å²) < 4.78 is 16.7. The Labute approximate surface area is 340 Å². The molecule has 0 aromatic carbocycles. The van der Waals surface area contributed by atoms with Crippen LogP contribution in [0.1, 0.15) is 239 Å². The molecule has 0 aliphatic carbocycles. The first-order valence-electron chi connectivity index (χ1n) is 23.5. The minimum absolute atomic E-state index is 0.0795. The summed E-state index contributed by atoms with van der Waals surface area (Å²) in [6, 6.07) is 0. The van der Waals surface area contributed by atoms with Crippen LogP contribution in [0.4, 0.5) is 0 Å². The Kier molecular flexibility index (Phi) is 42.4. The van der Waals surface area contributed by atoms with Crippen molar-refractivity contribution in [3.63, 3.8) is 0 Å². The van der Waals surface area contributed by atoms with Crippen LogP contribution in [0.15, 0.2) is 36.5 Å². The van der Waals surface area contributed by atoms with E-state index in [1.165, 1.54) is 109 Å². The maximum absolute atomic E-state index is 12.7. The van der Waals surface area contributed by atoms with Crippen molar-refractivity contribution in [3.05, 3.63) is 36.5 Å². The second kappa shape index (κ2) is 44.3. The van der Waals surface area contributed by atoms with Gasteiger partial charge in [0.2, 0.25) is 0 Å². The third-order valence-electron chi connectivity index (χ3n) is 10.1. The molecule has 0 spiro atoms. The number of ether oxygens (including phenoxy) is 3. The van der Waals surface area contributed by atoms with E-state index < -0.39 is 6.10 Å². The molecule has 1 unspecified atom stereocenters. The Morgan fingerprint density at radius 3 is 1.13 bits per heavy atom. The first-order valence-corrected chi connectivity index (χ1v) is 23.5. The average molecular weight is 773 g/mol. The van der Waals surface area contributed by atoms with Crippen LogP contribution in [-0.2, 0) is 28.6 Å². The zero-order valence-electron chi connectivity index (χ0n) is 36.4. The van der Waals surface area contributed by atoms with Gasteiger partial charge in [-0.2, -0.15) is 0 Å². The first kappa shape index (κ1) is 52.6. The Morgan fingerprint density at radius 1 is 0.382 bits per heavy atom. The van der Waals surface area contributed by atoms with E-state index in [0.29, 0.717) is 19.3 Å². The van der Waals surface area contributed by atoms with E-state index in [9.17, 15) is 14.4 Å². The topological polar surface area (TPSA) is 78.9 Å². The quantitative estimate of drug-likeness (QED) is 0.0266. The summed E-state index contributed by atoms with van der Waals surface area (Å²) in [5.74, 6) is -0.901. The lowest BCUT2D eigenvalue weighted by Gasteiger charge is -2.18. The van der Waals surface area contributed by atoms with Crippen molar-refractivity contribution in [2.45, 2.75) is 245 Å². The minimum Gasteiger partial charge on any atom is -0.462 e. The van der Waals surface area contributed by atoms with Crippen molar-refractivity contribution < 1.29 is 28.6 Å². The number of hydrogen-bond donors (Lipinski definition) is 0. The molecule has 0 aliphatic rings. The summed E-state index contributed by atoms with van der Waals surface area (Å²) in [7, 11) is 0. The van der Waals surface area contributed by atoms with Crippen LogP contribution in [0.3, 0.4) is 0 Å². The van der Waals surface area contributed by atoms with Gasteiger partial charge in [-0.15, -0.1) is 0 Å². The number of carbonyl (C=O) groups is 3. The summed E-state index contributed by atoms with van der Waals surface area (Å²) in [4.78, 5) is 37.7. The highest BCUT2D eigenvalue weighted by atomic mass is 16.6. The van der Waals surface area contributed by atoms with Crippen molar-refractivity contribution in [2.24, 2.45) is 0 Å². The number of hydrogen-bond acceptors (Lipinski definition) is 6. The molecule has 0 N–H and O–H groups in total. The molecule has 0 saturated heterocycles. The largest absolute Gasteiger partial charge is 0.462 e. The van der Waals surface area contributed by atoms with Gasteiger partial charge in [-0.25, -0.2) is 0 Å². The van der Waals surface area contributed by atoms with Crippen molar-refractivity contribution in [2.75, 3.05) is 13.2 Å². The predicted octanol–water partition coefficient (Wildman–Crippen LogP) is 15.0. The first-order chi connectivity index (χ1) is 27.0. The molecule has 0 saturated carbocycles. The van der Waals surface area contributed by atoms with Gasteiger partial charge in [0, 0.05) is 19.3 Å². The van der Waals surface area contributed by atoms with Gasteiger partial charge in [0.25, 0.3) is 0 Å². The maximum atomic E-state index is 12.7. The van der Waals surface area contributed by atoms with Gasteiger partial charge in [-0.1, -0.05) is 186 Å². The second-order valence-corrected chi connectivity index (χ2v) is 15.6. The molecule has 0 rings (SSSR count). The molecule has 0 bridgehead atoms. The average Bonchev–Trinajstić information content (AvgIpc) is 3.18. The van der Waals surface area contributed by atoms with Crippen LogP contribution in [0.5, 0.6) is 0 Å². The zero-order valence-corrected chi connectivity index (χ0v) is 36.4. The normalized spacial score (nSPS) is 12.3. The lowest BCUT2D eigenvalue weighted by molar-refractivity contribution is -0.167. The van der Waals surface area contributed by atoms with Gasteiger partial charge in [0.15, 0.2) is 6.10 Å². The molecule has 0 amide bonds. The van der Waals surface area contributed by atoms with Crippen molar-refractivity contribution in [1.82, 2.24) is 0 Å². The van der Waals surface area contributed by atoms with Gasteiger partial charge in [-0.3, -0.25) is 14.4 Å². The molecule has 0 aliphatic heterocycles. The molecule has 0 radical (unpaired) electrons. The van der Waals surface area contributed by atoms with Crippen molar-refractivity contribution in [1.29, 1.82) is 0 Å². The van der Waals surface area contributed by atoms with Crippen LogP contribution >= 0.6 is 0 Å². The molecule has 55 heavy (non-hydrogen) atoms. The van der Waals surface area contributed by atoms with Gasteiger partial charge < -0.3 is 14.2 Å². The summed E-state index contributed by atoms with van der Waals surface area (Å²) in [5.41, 5.74) is 0. The highest BCUT2D eigenvalue weighted by Gasteiger charge is 2.19. The molecule has 6 nitrogen and oxygen atoms in total. The van der Waals surface area contributed by atoms with Crippen LogP contribution < -0.4 is 0 Å². The summed E-state index contributed by atoms with van der Waals surface area (Å²) in [6.45, 7) is 6.49. The Bertz CT molecular complexity index is 938. The van der Waals surface area contributed by atoms with Gasteiger partial charge in [0.1, 0.15) is 13.2 Å². The van der Waals surface area contributed by atoms with Crippen LogP contribution in [0.2, 0.25) is 0 Å². The van der Waals surface area contributed by atoms with Crippen LogP contribution in [0, 0.1) is 0 Å². The van der Waals surface area contributed by atoms with Crippen molar-refractivity contribution in [3.8, 4) is 0 Å². The fraction of sp³-hybridized carbons (Fsp3) is 0.816. The molecular formula is C49H88O6. The molecule has 0 fully saturated rings. The smallest absolute Gasteiger partial charge is 0.306 e. The standard InChI is InChI=1S/C49H88O6/c1-4-7-10-13-16-19-21-23-24-26-27-30-33-36-39-42-48(51)54-45-46(44-53-47(50)41-38-35-32-29-18-15-12-9-6-3)55-49(52)43-40-37-34-31-28-25-22-20-17-14-11-8-5-2/h9,12,16,19,23-24,46H,4-8,10-11,13-15,17-18,20-22,25-45H2,1-3H3/b12-9-,19-16-,24-23-. The van der Waals surface area contributed by atoms with E-state index in [1.54, 1.807) is 0 Å². The van der Waals surface area contributed by atoms with Crippen LogP contribution in [0.25, 0.3) is 0 Å². The maximum Gasteiger partial charge on any atom is 0.306 e. The van der Waals surface area contributed by atoms with E-state index in [4.69, 9.17) is 14.2 Å². The third kappa shape index (κ3) is 42.6.